The summed E-state index contributed by atoms with van der Waals surface area (Å²) in [7, 11) is 0. The molecule has 0 aliphatic carbocycles. The van der Waals surface area contributed by atoms with Crippen molar-refractivity contribution >= 4 is 11.5 Å². The Bertz CT molecular complexity index is 394. The molecule has 6 nitrogen and oxygen atoms in total. The molecule has 0 fully saturated rings. The molecule has 1 aromatic rings. The quantitative estimate of drug-likeness (QED) is 0.322. The van der Waals surface area contributed by atoms with Crippen molar-refractivity contribution in [1.29, 1.82) is 0 Å². The molecule has 0 amide bonds. The van der Waals surface area contributed by atoms with Crippen molar-refractivity contribution in [3.8, 4) is 0 Å². The first-order chi connectivity index (χ1) is 6.49. The van der Waals surface area contributed by atoms with Crippen molar-refractivity contribution in [2.45, 2.75) is 13.8 Å². The number of hydrazine groups is 1. The Hall–Kier alpha value is -1.76. The molecule has 0 aromatic carbocycles. The van der Waals surface area contributed by atoms with Crippen LogP contribution < -0.4 is 11.3 Å². The topological polar surface area (TPSA) is 94.1 Å². The van der Waals surface area contributed by atoms with Crippen molar-refractivity contribution in [2.75, 3.05) is 5.43 Å². The van der Waals surface area contributed by atoms with Gasteiger partial charge >= 0.3 is 5.69 Å². The lowest BCUT2D eigenvalue weighted by molar-refractivity contribution is -0.384. The normalized spacial score (nSPS) is 10.0. The Labute approximate surface area is 79.1 Å². The molecule has 0 aliphatic rings. The Morgan fingerprint density at radius 2 is 2.07 bits per heavy atom. The number of halogens is 1. The zero-order chi connectivity index (χ0) is 10.9. The van der Waals surface area contributed by atoms with Gasteiger partial charge in [-0.15, -0.1) is 0 Å². The number of hydrogen-bond acceptors (Lipinski definition) is 5. The van der Waals surface area contributed by atoms with E-state index in [4.69, 9.17) is 5.84 Å². The van der Waals surface area contributed by atoms with Crippen LogP contribution in [0.5, 0.6) is 0 Å². The zero-order valence-corrected chi connectivity index (χ0v) is 7.67. The van der Waals surface area contributed by atoms with Crippen LogP contribution in [0.1, 0.15) is 11.1 Å². The van der Waals surface area contributed by atoms with E-state index in [0.717, 1.165) is 0 Å². The fraction of sp³-hybridized carbons (Fsp3) is 0.286. The van der Waals surface area contributed by atoms with Gasteiger partial charge in [-0.05, 0) is 13.8 Å². The van der Waals surface area contributed by atoms with Crippen molar-refractivity contribution in [3.63, 3.8) is 0 Å². The van der Waals surface area contributed by atoms with Gasteiger partial charge in [-0.2, -0.15) is 9.37 Å². The molecule has 1 rings (SSSR count). The Kier molecular flexibility index (Phi) is 2.61. The van der Waals surface area contributed by atoms with Crippen LogP contribution in [-0.2, 0) is 0 Å². The number of nitrogens with one attached hydrogen (secondary N) is 1. The summed E-state index contributed by atoms with van der Waals surface area (Å²) < 4.78 is 13.0. The number of nitrogen functional groups attached to an aromatic ring is 1. The van der Waals surface area contributed by atoms with E-state index in [9.17, 15) is 14.5 Å². The SMILES string of the molecule is Cc1c(F)nc(NN)c([N+](=O)[O-])c1C. The van der Waals surface area contributed by atoms with E-state index in [1.807, 2.05) is 5.43 Å². The zero-order valence-electron chi connectivity index (χ0n) is 7.67. The maximum absolute atomic E-state index is 13.0. The Balaban J connectivity index is 3.53. The third-order valence-corrected chi connectivity index (χ3v) is 1.98. The molecular formula is C7H9FN4O2. The van der Waals surface area contributed by atoms with Crippen LogP contribution in [0.3, 0.4) is 0 Å². The third-order valence-electron chi connectivity index (χ3n) is 1.98. The second-order valence-electron chi connectivity index (χ2n) is 2.75. The van der Waals surface area contributed by atoms with Crippen LogP contribution in [0.2, 0.25) is 0 Å². The van der Waals surface area contributed by atoms with Crippen molar-refractivity contribution in [3.05, 3.63) is 27.2 Å². The molecular weight excluding hydrogens is 191 g/mol. The van der Waals surface area contributed by atoms with Crippen LogP contribution in [-0.4, -0.2) is 9.91 Å². The second-order valence-corrected chi connectivity index (χ2v) is 2.75. The number of aromatic nitrogens is 1. The fourth-order valence-electron chi connectivity index (χ4n) is 1.07. The summed E-state index contributed by atoms with van der Waals surface area (Å²) in [6, 6.07) is 0. The first-order valence-electron chi connectivity index (χ1n) is 3.76. The molecule has 0 bridgehead atoms. The van der Waals surface area contributed by atoms with Gasteiger partial charge in [0.25, 0.3) is 0 Å². The third kappa shape index (κ3) is 1.49. The number of pyridine rings is 1. The molecule has 76 valence electrons. The summed E-state index contributed by atoms with van der Waals surface area (Å²) in [5, 5.41) is 10.6. The molecule has 1 aromatic heterocycles. The van der Waals surface area contributed by atoms with E-state index < -0.39 is 10.9 Å². The smallest absolute Gasteiger partial charge is 0.303 e. The summed E-state index contributed by atoms with van der Waals surface area (Å²) in [5.74, 6) is 3.96. The highest BCUT2D eigenvalue weighted by Crippen LogP contribution is 2.28. The summed E-state index contributed by atoms with van der Waals surface area (Å²) in [6.45, 7) is 2.87. The number of rotatable bonds is 2. The van der Waals surface area contributed by atoms with E-state index in [1.165, 1.54) is 13.8 Å². The minimum absolute atomic E-state index is 0.149. The molecule has 7 heteroatoms. The Morgan fingerprint density at radius 3 is 2.50 bits per heavy atom. The van der Waals surface area contributed by atoms with Crippen LogP contribution in [0, 0.1) is 29.9 Å². The number of anilines is 1. The Morgan fingerprint density at radius 1 is 1.50 bits per heavy atom. The van der Waals surface area contributed by atoms with Crippen molar-refractivity contribution in [1.82, 2.24) is 4.98 Å². The minimum Gasteiger partial charge on any atom is -0.303 e. The number of nitro groups is 1. The summed E-state index contributed by atoms with van der Waals surface area (Å²) in [6.07, 6.45) is 0. The predicted octanol–water partition coefficient (Wildman–Crippen LogP) is 1.03. The van der Waals surface area contributed by atoms with E-state index in [2.05, 4.69) is 4.98 Å². The lowest BCUT2D eigenvalue weighted by atomic mass is 10.1. The molecule has 0 atom stereocenters. The van der Waals surface area contributed by atoms with Crippen LogP contribution in [0.4, 0.5) is 15.9 Å². The van der Waals surface area contributed by atoms with Gasteiger partial charge in [0.2, 0.25) is 11.8 Å². The average molecular weight is 200 g/mol. The maximum Gasteiger partial charge on any atom is 0.316 e. The average Bonchev–Trinajstić information content (AvgIpc) is 2.12. The summed E-state index contributed by atoms with van der Waals surface area (Å²) in [4.78, 5) is 13.3. The monoisotopic (exact) mass is 200 g/mol. The van der Waals surface area contributed by atoms with E-state index in [0.29, 0.717) is 0 Å². The lowest BCUT2D eigenvalue weighted by Crippen LogP contribution is -2.13. The van der Waals surface area contributed by atoms with Crippen molar-refractivity contribution in [2.24, 2.45) is 5.84 Å². The highest BCUT2D eigenvalue weighted by molar-refractivity contribution is 5.61. The van der Waals surface area contributed by atoms with Crippen LogP contribution in [0.25, 0.3) is 0 Å². The first kappa shape index (κ1) is 10.3. The molecule has 0 radical (unpaired) electrons. The summed E-state index contributed by atoms with van der Waals surface area (Å²) in [5.41, 5.74) is 2.06. The molecule has 14 heavy (non-hydrogen) atoms. The fourth-order valence-corrected chi connectivity index (χ4v) is 1.07. The molecule has 0 spiro atoms. The highest BCUT2D eigenvalue weighted by atomic mass is 19.1. The largest absolute Gasteiger partial charge is 0.316 e. The van der Waals surface area contributed by atoms with Gasteiger partial charge in [0.15, 0.2) is 0 Å². The number of hydrogen-bond donors (Lipinski definition) is 2. The van der Waals surface area contributed by atoms with Gasteiger partial charge in [-0.25, -0.2) is 5.84 Å². The second kappa shape index (κ2) is 3.54. The predicted molar refractivity (Wildman–Crippen MR) is 48.1 cm³/mol. The van der Waals surface area contributed by atoms with Gasteiger partial charge in [-0.3, -0.25) is 10.1 Å². The lowest BCUT2D eigenvalue weighted by Gasteiger charge is -2.06. The van der Waals surface area contributed by atoms with Gasteiger partial charge < -0.3 is 5.43 Å². The molecule has 0 unspecified atom stereocenters. The van der Waals surface area contributed by atoms with Gasteiger partial charge in [0.1, 0.15) is 0 Å². The molecule has 0 saturated carbocycles. The van der Waals surface area contributed by atoms with Gasteiger partial charge in [0.05, 0.1) is 4.92 Å². The minimum atomic E-state index is -0.763. The van der Waals surface area contributed by atoms with E-state index >= 15 is 0 Å². The summed E-state index contributed by atoms with van der Waals surface area (Å²) >= 11 is 0. The van der Waals surface area contributed by atoms with Crippen LogP contribution in [0.15, 0.2) is 0 Å². The molecule has 1 heterocycles. The van der Waals surface area contributed by atoms with E-state index in [1.54, 1.807) is 0 Å². The van der Waals surface area contributed by atoms with Crippen LogP contribution >= 0.6 is 0 Å². The van der Waals surface area contributed by atoms with Gasteiger partial charge in [0, 0.05) is 11.1 Å². The van der Waals surface area contributed by atoms with E-state index in [-0.39, 0.29) is 22.6 Å². The van der Waals surface area contributed by atoms with Crippen molar-refractivity contribution < 1.29 is 9.31 Å². The maximum atomic E-state index is 13.0. The highest BCUT2D eigenvalue weighted by Gasteiger charge is 2.22. The standard InChI is InChI=1S/C7H9FN4O2/c1-3-4(2)6(8)10-7(11-9)5(3)12(13)14/h9H2,1-2H3,(H,10,11). The molecule has 0 saturated heterocycles. The molecule has 0 aliphatic heterocycles. The number of nitrogens with two attached hydrogens (primary N) is 1. The number of nitrogens with zero attached hydrogens (tertiary/aromatic N) is 2. The first-order valence-corrected chi connectivity index (χ1v) is 3.76. The molecule has 3 N–H and O–H groups in total. The van der Waals surface area contributed by atoms with Gasteiger partial charge in [-0.1, -0.05) is 0 Å².